The first-order chi connectivity index (χ1) is 12.6. The van der Waals surface area contributed by atoms with Crippen molar-refractivity contribution in [2.45, 2.75) is 13.5 Å². The number of rotatable bonds is 4. The number of imidazole rings is 1. The largest absolute Gasteiger partial charge is 0.710 e. The lowest BCUT2D eigenvalue weighted by Crippen LogP contribution is -2.27. The molecule has 0 aliphatic rings. The zero-order chi connectivity index (χ0) is 18.1. The van der Waals surface area contributed by atoms with E-state index in [0.29, 0.717) is 22.8 Å². The smallest absolute Gasteiger partial charge is 0.247 e. The van der Waals surface area contributed by atoms with E-state index in [1.807, 2.05) is 72.2 Å². The Hall–Kier alpha value is -3.19. The molecule has 0 unspecified atom stereocenters. The van der Waals surface area contributed by atoms with Crippen molar-refractivity contribution in [2.24, 2.45) is 0 Å². The van der Waals surface area contributed by atoms with E-state index in [1.165, 1.54) is 0 Å². The topological polar surface area (TPSA) is 65.5 Å². The highest BCUT2D eigenvalue weighted by molar-refractivity contribution is 7.71. The van der Waals surface area contributed by atoms with Gasteiger partial charge in [0.05, 0.1) is 5.69 Å². The van der Waals surface area contributed by atoms with E-state index in [0.717, 1.165) is 21.7 Å². The first-order valence-electron chi connectivity index (χ1n) is 8.21. The Bertz CT molecular complexity index is 1100. The summed E-state index contributed by atoms with van der Waals surface area (Å²) in [4.78, 5) is 0. The highest BCUT2D eigenvalue weighted by atomic mass is 32.1. The van der Waals surface area contributed by atoms with E-state index in [-0.39, 0.29) is 0 Å². The van der Waals surface area contributed by atoms with Gasteiger partial charge in [0.25, 0.3) is 0 Å². The van der Waals surface area contributed by atoms with Gasteiger partial charge >= 0.3 is 0 Å². The molecule has 130 valence electrons. The van der Waals surface area contributed by atoms with Crippen molar-refractivity contribution in [1.29, 1.82) is 0 Å². The summed E-state index contributed by atoms with van der Waals surface area (Å²) in [5, 5.41) is 19.8. The van der Waals surface area contributed by atoms with Gasteiger partial charge in [0, 0.05) is 6.92 Å². The lowest BCUT2D eigenvalue weighted by Gasteiger charge is -2.07. The molecule has 0 bridgehead atoms. The first kappa shape index (κ1) is 16.3. The molecule has 0 atom stereocenters. The Kier molecular flexibility index (Phi) is 4.14. The lowest BCUT2D eigenvalue weighted by molar-refractivity contribution is -0.594. The summed E-state index contributed by atoms with van der Waals surface area (Å²) in [6, 6.07) is 19.7. The van der Waals surface area contributed by atoms with Crippen LogP contribution in [-0.2, 0) is 6.54 Å². The van der Waals surface area contributed by atoms with Gasteiger partial charge in [-0.25, -0.2) is 9.30 Å². The predicted octanol–water partition coefficient (Wildman–Crippen LogP) is 3.39. The summed E-state index contributed by atoms with van der Waals surface area (Å²) in [6.07, 6.45) is 1.55. The number of para-hydroxylation sites is 1. The third kappa shape index (κ3) is 2.82. The fraction of sp³-hybridized carbons (Fsp3) is 0.105. The van der Waals surface area contributed by atoms with Crippen LogP contribution in [0, 0.1) is 16.9 Å². The average Bonchev–Trinajstić information content (AvgIpc) is 3.16. The molecule has 4 rings (SSSR count). The molecule has 6 nitrogen and oxygen atoms in total. The summed E-state index contributed by atoms with van der Waals surface area (Å²) in [7, 11) is 0. The molecule has 2 aromatic heterocycles. The summed E-state index contributed by atoms with van der Waals surface area (Å²) in [5.74, 6) is 0.500. The van der Waals surface area contributed by atoms with Crippen molar-refractivity contribution in [1.82, 2.24) is 19.3 Å². The Morgan fingerprint density at radius 3 is 2.42 bits per heavy atom. The number of hydrogen-bond donors (Lipinski definition) is 1. The standard InChI is InChI=1S/C19H17N5OS/c1-14-17(23(25)13-22(14)12-15-8-4-2-5-9-15)18-20-21-19(26)24(18)16-10-6-3-7-11-16/h2-11,13H,12H2,1H3,(H,21,26). The van der Waals surface area contributed by atoms with Gasteiger partial charge in [-0.05, 0) is 29.9 Å². The molecule has 0 saturated heterocycles. The van der Waals surface area contributed by atoms with Crippen LogP contribution in [0.2, 0.25) is 0 Å². The van der Waals surface area contributed by atoms with E-state index in [2.05, 4.69) is 10.2 Å². The summed E-state index contributed by atoms with van der Waals surface area (Å²) >= 11 is 5.38. The molecular weight excluding hydrogens is 346 g/mol. The second-order valence-electron chi connectivity index (χ2n) is 6.01. The van der Waals surface area contributed by atoms with E-state index < -0.39 is 0 Å². The zero-order valence-corrected chi connectivity index (χ0v) is 15.0. The number of nitrogens with one attached hydrogen (secondary N) is 1. The number of aromatic nitrogens is 5. The Balaban J connectivity index is 1.82. The molecular formula is C19H17N5OS. The number of aromatic amines is 1. The lowest BCUT2D eigenvalue weighted by atomic mass is 10.2. The van der Waals surface area contributed by atoms with Gasteiger partial charge in [-0.1, -0.05) is 48.5 Å². The van der Waals surface area contributed by atoms with Gasteiger partial charge in [0.1, 0.15) is 6.54 Å². The van der Waals surface area contributed by atoms with E-state index in [1.54, 1.807) is 10.9 Å². The minimum absolute atomic E-state index is 0.446. The fourth-order valence-electron chi connectivity index (χ4n) is 3.04. The quantitative estimate of drug-likeness (QED) is 0.343. The summed E-state index contributed by atoms with van der Waals surface area (Å²) < 4.78 is 4.99. The Morgan fingerprint density at radius 2 is 1.73 bits per heavy atom. The van der Waals surface area contributed by atoms with Crippen LogP contribution in [0.1, 0.15) is 11.3 Å². The van der Waals surface area contributed by atoms with Crippen LogP contribution in [0.25, 0.3) is 17.2 Å². The molecule has 4 aromatic rings. The predicted molar refractivity (Wildman–Crippen MR) is 101 cm³/mol. The van der Waals surface area contributed by atoms with Crippen molar-refractivity contribution in [3.05, 3.63) is 88.2 Å². The number of hydrogen-bond acceptors (Lipinski definition) is 3. The molecule has 0 aliphatic carbocycles. The van der Waals surface area contributed by atoms with E-state index in [9.17, 15) is 5.21 Å². The SMILES string of the molecule is Cc1c(-c2n[nH]c(=S)n2-c2ccccc2)[n+]([O-])cn1Cc1ccccc1. The van der Waals surface area contributed by atoms with E-state index in [4.69, 9.17) is 12.2 Å². The monoisotopic (exact) mass is 363 g/mol. The van der Waals surface area contributed by atoms with Gasteiger partial charge in [-0.3, -0.25) is 9.67 Å². The van der Waals surface area contributed by atoms with Crippen LogP contribution in [-0.4, -0.2) is 19.3 Å². The zero-order valence-electron chi connectivity index (χ0n) is 14.2. The second kappa shape index (κ2) is 6.61. The molecule has 0 amide bonds. The number of nitrogens with zero attached hydrogens (tertiary/aromatic N) is 4. The fourth-order valence-corrected chi connectivity index (χ4v) is 3.28. The van der Waals surface area contributed by atoms with Crippen LogP contribution in [0.3, 0.4) is 0 Å². The highest BCUT2D eigenvalue weighted by Gasteiger charge is 2.24. The maximum absolute atomic E-state index is 12.6. The molecule has 26 heavy (non-hydrogen) atoms. The van der Waals surface area contributed by atoms with Crippen LogP contribution < -0.4 is 4.73 Å². The van der Waals surface area contributed by atoms with Gasteiger partial charge < -0.3 is 5.21 Å². The average molecular weight is 363 g/mol. The maximum Gasteiger partial charge on any atom is 0.247 e. The molecule has 0 aliphatic heterocycles. The minimum Gasteiger partial charge on any atom is -0.710 e. The van der Waals surface area contributed by atoms with Crippen LogP contribution in [0.4, 0.5) is 0 Å². The van der Waals surface area contributed by atoms with Gasteiger partial charge in [-0.15, -0.1) is 5.10 Å². The second-order valence-corrected chi connectivity index (χ2v) is 6.40. The molecule has 0 spiro atoms. The normalized spacial score (nSPS) is 11.0. The molecule has 2 heterocycles. The Labute approximate surface area is 155 Å². The number of H-pyrrole nitrogens is 1. The van der Waals surface area contributed by atoms with Crippen molar-refractivity contribution in [2.75, 3.05) is 0 Å². The third-order valence-electron chi connectivity index (χ3n) is 4.33. The summed E-state index contributed by atoms with van der Waals surface area (Å²) in [6.45, 7) is 2.53. The highest BCUT2D eigenvalue weighted by Crippen LogP contribution is 2.22. The van der Waals surface area contributed by atoms with Crippen molar-refractivity contribution >= 4 is 12.2 Å². The molecule has 2 aromatic carbocycles. The molecule has 0 fully saturated rings. The molecule has 0 saturated carbocycles. The van der Waals surface area contributed by atoms with Crippen LogP contribution in [0.15, 0.2) is 67.0 Å². The van der Waals surface area contributed by atoms with Crippen LogP contribution in [0.5, 0.6) is 0 Å². The minimum atomic E-state index is 0.446. The van der Waals surface area contributed by atoms with Crippen molar-refractivity contribution in [3.63, 3.8) is 0 Å². The van der Waals surface area contributed by atoms with Gasteiger partial charge in [0.2, 0.25) is 17.8 Å². The van der Waals surface area contributed by atoms with Crippen LogP contribution >= 0.6 is 12.2 Å². The van der Waals surface area contributed by atoms with Gasteiger partial charge in [-0.2, -0.15) is 0 Å². The van der Waals surface area contributed by atoms with Crippen molar-refractivity contribution < 1.29 is 4.73 Å². The Morgan fingerprint density at radius 1 is 1.08 bits per heavy atom. The first-order valence-corrected chi connectivity index (χ1v) is 8.62. The maximum atomic E-state index is 12.6. The molecule has 7 heteroatoms. The third-order valence-corrected chi connectivity index (χ3v) is 4.61. The molecule has 0 radical (unpaired) electrons. The van der Waals surface area contributed by atoms with E-state index >= 15 is 0 Å². The molecule has 1 N–H and O–H groups in total. The number of benzene rings is 2. The summed E-state index contributed by atoms with van der Waals surface area (Å²) in [5.41, 5.74) is 3.29. The van der Waals surface area contributed by atoms with Gasteiger partial charge in [0.15, 0.2) is 10.5 Å². The van der Waals surface area contributed by atoms with Crippen molar-refractivity contribution in [3.8, 4) is 17.2 Å².